The molecule has 0 heterocycles. The number of aliphatic carboxylic acids is 1. The highest BCUT2D eigenvalue weighted by Gasteiger charge is 2.25. The van der Waals surface area contributed by atoms with Crippen LogP contribution in [0.15, 0.2) is 0 Å². The molecule has 0 aromatic heterocycles. The Morgan fingerprint density at radius 3 is 2.29 bits per heavy atom. The van der Waals surface area contributed by atoms with Crippen molar-refractivity contribution >= 4 is 17.9 Å². The van der Waals surface area contributed by atoms with Gasteiger partial charge in [0, 0.05) is 13.1 Å². The van der Waals surface area contributed by atoms with E-state index in [0.717, 1.165) is 19.3 Å². The van der Waals surface area contributed by atoms with Crippen LogP contribution in [0.2, 0.25) is 0 Å². The van der Waals surface area contributed by atoms with E-state index in [1.54, 1.807) is 0 Å². The summed E-state index contributed by atoms with van der Waals surface area (Å²) in [5.74, 6) is -0.844. The van der Waals surface area contributed by atoms with Crippen molar-refractivity contribution in [2.24, 2.45) is 11.8 Å². The molecular formula is C14H25N3O4. The van der Waals surface area contributed by atoms with Crippen molar-refractivity contribution < 1.29 is 19.5 Å². The number of amides is 3. The van der Waals surface area contributed by atoms with Crippen LogP contribution in [0.5, 0.6) is 0 Å². The molecule has 0 radical (unpaired) electrons. The molecule has 120 valence electrons. The first-order valence-corrected chi connectivity index (χ1v) is 7.54. The van der Waals surface area contributed by atoms with Crippen molar-refractivity contribution in [2.45, 2.75) is 39.0 Å². The highest BCUT2D eigenvalue weighted by Crippen LogP contribution is 2.28. The molecule has 1 aliphatic rings. The molecule has 0 spiro atoms. The fourth-order valence-electron chi connectivity index (χ4n) is 2.40. The van der Waals surface area contributed by atoms with Crippen LogP contribution in [-0.2, 0) is 9.59 Å². The monoisotopic (exact) mass is 299 g/mol. The Morgan fingerprint density at radius 1 is 1.05 bits per heavy atom. The van der Waals surface area contributed by atoms with E-state index >= 15 is 0 Å². The summed E-state index contributed by atoms with van der Waals surface area (Å²) in [5, 5.41) is 16.8. The third-order valence-electron chi connectivity index (χ3n) is 3.73. The van der Waals surface area contributed by atoms with Crippen molar-refractivity contribution in [2.75, 3.05) is 19.6 Å². The van der Waals surface area contributed by atoms with E-state index in [1.807, 2.05) is 6.92 Å². The Kier molecular flexibility index (Phi) is 7.56. The number of hydrogen-bond acceptors (Lipinski definition) is 3. The number of nitrogens with one attached hydrogen (secondary N) is 3. The first-order valence-electron chi connectivity index (χ1n) is 7.54. The summed E-state index contributed by atoms with van der Waals surface area (Å²) >= 11 is 0. The molecule has 1 aliphatic carbocycles. The Hall–Kier alpha value is -1.79. The molecule has 0 bridgehead atoms. The second kappa shape index (κ2) is 9.20. The topological polar surface area (TPSA) is 108 Å². The summed E-state index contributed by atoms with van der Waals surface area (Å²) in [7, 11) is 0. The minimum atomic E-state index is -0.725. The standard InChI is InChI=1S/C14H25N3O4/c1-2-7-15-12(18)9-17-14(21)16-8-10-3-5-11(6-4-10)13(19)20/h10-11H,2-9H2,1H3,(H,15,18)(H,19,20)(H2,16,17,21). The highest BCUT2D eigenvalue weighted by molar-refractivity contribution is 5.83. The Bertz CT molecular complexity index is 365. The molecule has 4 N–H and O–H groups in total. The number of urea groups is 1. The van der Waals surface area contributed by atoms with Gasteiger partial charge in [0.05, 0.1) is 12.5 Å². The first kappa shape index (κ1) is 17.3. The zero-order valence-corrected chi connectivity index (χ0v) is 12.5. The van der Waals surface area contributed by atoms with Crippen molar-refractivity contribution in [3.8, 4) is 0 Å². The molecule has 0 saturated heterocycles. The number of carboxylic acid groups (broad SMARTS) is 1. The number of carboxylic acids is 1. The lowest BCUT2D eigenvalue weighted by Gasteiger charge is -2.26. The maximum Gasteiger partial charge on any atom is 0.315 e. The molecule has 3 amide bonds. The van der Waals surface area contributed by atoms with Gasteiger partial charge in [-0.2, -0.15) is 0 Å². The number of carbonyl (C=O) groups is 3. The third kappa shape index (κ3) is 6.97. The van der Waals surface area contributed by atoms with Gasteiger partial charge >= 0.3 is 12.0 Å². The summed E-state index contributed by atoms with van der Waals surface area (Å²) in [6.45, 7) is 3.06. The summed E-state index contributed by atoms with van der Waals surface area (Å²) < 4.78 is 0. The predicted octanol–water partition coefficient (Wildman–Crippen LogP) is 0.703. The molecule has 0 atom stereocenters. The van der Waals surface area contributed by atoms with Crippen LogP contribution in [0.4, 0.5) is 4.79 Å². The maximum atomic E-state index is 11.5. The number of hydrogen-bond donors (Lipinski definition) is 4. The minimum Gasteiger partial charge on any atom is -0.481 e. The lowest BCUT2D eigenvalue weighted by Crippen LogP contribution is -2.43. The Labute approximate surface area is 124 Å². The van der Waals surface area contributed by atoms with E-state index in [-0.39, 0.29) is 24.4 Å². The second-order valence-corrected chi connectivity index (χ2v) is 5.47. The molecule has 1 rings (SSSR count). The van der Waals surface area contributed by atoms with Gasteiger partial charge in [0.2, 0.25) is 5.91 Å². The first-order chi connectivity index (χ1) is 10.0. The fourth-order valence-corrected chi connectivity index (χ4v) is 2.40. The number of carbonyl (C=O) groups excluding carboxylic acids is 2. The minimum absolute atomic E-state index is 0.0302. The summed E-state index contributed by atoms with van der Waals surface area (Å²) in [6.07, 6.45) is 3.82. The SMILES string of the molecule is CCCNC(=O)CNC(=O)NCC1CCC(C(=O)O)CC1. The van der Waals surface area contributed by atoms with Gasteiger partial charge in [-0.1, -0.05) is 6.92 Å². The van der Waals surface area contributed by atoms with Crippen molar-refractivity contribution in [1.29, 1.82) is 0 Å². The second-order valence-electron chi connectivity index (χ2n) is 5.47. The number of rotatable bonds is 7. The normalized spacial score (nSPS) is 21.4. The van der Waals surface area contributed by atoms with Crippen LogP contribution < -0.4 is 16.0 Å². The Balaban J connectivity index is 2.11. The molecule has 0 aromatic carbocycles. The molecule has 0 aliphatic heterocycles. The van der Waals surface area contributed by atoms with Gasteiger partial charge in [0.1, 0.15) is 0 Å². The van der Waals surface area contributed by atoms with Crippen LogP contribution in [-0.4, -0.2) is 42.6 Å². The van der Waals surface area contributed by atoms with Crippen molar-refractivity contribution in [1.82, 2.24) is 16.0 Å². The van der Waals surface area contributed by atoms with Gasteiger partial charge < -0.3 is 21.1 Å². The van der Waals surface area contributed by atoms with Crippen LogP contribution in [0.1, 0.15) is 39.0 Å². The van der Waals surface area contributed by atoms with Crippen LogP contribution in [0, 0.1) is 11.8 Å². The van der Waals surface area contributed by atoms with Gasteiger partial charge in [-0.15, -0.1) is 0 Å². The average molecular weight is 299 g/mol. The lowest BCUT2D eigenvalue weighted by molar-refractivity contribution is -0.143. The molecule has 0 aromatic rings. The van der Waals surface area contributed by atoms with Gasteiger partial charge in [-0.05, 0) is 38.0 Å². The quantitative estimate of drug-likeness (QED) is 0.555. The zero-order valence-electron chi connectivity index (χ0n) is 12.5. The maximum absolute atomic E-state index is 11.5. The zero-order chi connectivity index (χ0) is 15.7. The summed E-state index contributed by atoms with van der Waals surface area (Å²) in [5.41, 5.74) is 0. The summed E-state index contributed by atoms with van der Waals surface area (Å²) in [6, 6.07) is -0.359. The van der Waals surface area contributed by atoms with Gasteiger partial charge in [0.25, 0.3) is 0 Å². The predicted molar refractivity (Wildman–Crippen MR) is 77.8 cm³/mol. The molecule has 0 unspecified atom stereocenters. The lowest BCUT2D eigenvalue weighted by atomic mass is 9.82. The largest absolute Gasteiger partial charge is 0.481 e. The van der Waals surface area contributed by atoms with E-state index in [4.69, 9.17) is 5.11 Å². The molecule has 1 fully saturated rings. The third-order valence-corrected chi connectivity index (χ3v) is 3.73. The van der Waals surface area contributed by atoms with E-state index in [1.165, 1.54) is 0 Å². The summed E-state index contributed by atoms with van der Waals surface area (Å²) in [4.78, 5) is 33.7. The van der Waals surface area contributed by atoms with Crippen LogP contribution >= 0.6 is 0 Å². The van der Waals surface area contributed by atoms with Crippen molar-refractivity contribution in [3.05, 3.63) is 0 Å². The fraction of sp³-hybridized carbons (Fsp3) is 0.786. The molecule has 7 nitrogen and oxygen atoms in total. The molecule has 1 saturated carbocycles. The Morgan fingerprint density at radius 2 is 1.71 bits per heavy atom. The van der Waals surface area contributed by atoms with E-state index in [9.17, 15) is 14.4 Å². The van der Waals surface area contributed by atoms with E-state index < -0.39 is 5.97 Å². The van der Waals surface area contributed by atoms with Gasteiger partial charge in [0.15, 0.2) is 0 Å². The van der Waals surface area contributed by atoms with E-state index in [0.29, 0.717) is 31.8 Å². The van der Waals surface area contributed by atoms with Gasteiger partial charge in [-0.25, -0.2) is 4.79 Å². The highest BCUT2D eigenvalue weighted by atomic mass is 16.4. The molecular weight excluding hydrogens is 274 g/mol. The van der Waals surface area contributed by atoms with E-state index in [2.05, 4.69) is 16.0 Å². The van der Waals surface area contributed by atoms with Crippen molar-refractivity contribution in [3.63, 3.8) is 0 Å². The van der Waals surface area contributed by atoms with Crippen LogP contribution in [0.25, 0.3) is 0 Å². The van der Waals surface area contributed by atoms with Gasteiger partial charge in [-0.3, -0.25) is 9.59 Å². The smallest absolute Gasteiger partial charge is 0.315 e. The average Bonchev–Trinajstić information content (AvgIpc) is 2.49. The molecule has 7 heteroatoms. The van der Waals surface area contributed by atoms with Crippen LogP contribution in [0.3, 0.4) is 0 Å². The molecule has 21 heavy (non-hydrogen) atoms.